The lowest BCUT2D eigenvalue weighted by molar-refractivity contribution is 0.0696. The third-order valence-corrected chi connectivity index (χ3v) is 5.86. The van der Waals surface area contributed by atoms with E-state index in [2.05, 4.69) is 6.92 Å². The van der Waals surface area contributed by atoms with E-state index >= 15 is 0 Å². The van der Waals surface area contributed by atoms with E-state index in [0.29, 0.717) is 17.9 Å². The highest BCUT2D eigenvalue weighted by Gasteiger charge is 2.17. The highest BCUT2D eigenvalue weighted by Crippen LogP contribution is 2.35. The Bertz CT molecular complexity index is 873. The average Bonchev–Trinajstić information content (AvgIpc) is 2.80. The zero-order valence-corrected chi connectivity index (χ0v) is 20.6. The first-order chi connectivity index (χ1) is 15.9. The number of unbranched alkanes of at least 4 members (excludes halogenated alkanes) is 9. The Morgan fingerprint density at radius 3 is 1.82 bits per heavy atom. The Morgan fingerprint density at radius 1 is 0.788 bits per heavy atom. The van der Waals surface area contributed by atoms with Gasteiger partial charge in [0.25, 0.3) is 0 Å². The molecule has 0 bridgehead atoms. The molecule has 0 heterocycles. The number of benzene rings is 2. The number of aromatic carboxylic acids is 1. The second-order valence-electron chi connectivity index (χ2n) is 8.02. The van der Waals surface area contributed by atoms with Crippen LogP contribution >= 0.6 is 23.2 Å². The van der Waals surface area contributed by atoms with Crippen LogP contribution in [0.15, 0.2) is 36.4 Å². The number of ether oxygens (including phenoxy) is 2. The number of hydrogen-bond acceptors (Lipinski definition) is 4. The molecule has 0 amide bonds. The Morgan fingerprint density at radius 2 is 1.30 bits per heavy atom. The van der Waals surface area contributed by atoms with Crippen LogP contribution in [0.5, 0.6) is 11.5 Å². The topological polar surface area (TPSA) is 72.8 Å². The first-order valence-corrected chi connectivity index (χ1v) is 12.3. The lowest BCUT2D eigenvalue weighted by Crippen LogP contribution is -2.10. The van der Waals surface area contributed by atoms with Crippen LogP contribution in [0.25, 0.3) is 0 Å². The molecule has 2 rings (SSSR count). The van der Waals surface area contributed by atoms with Gasteiger partial charge in [-0.15, -0.1) is 0 Å². The summed E-state index contributed by atoms with van der Waals surface area (Å²) in [6.07, 6.45) is 12.7. The van der Waals surface area contributed by atoms with Crippen molar-refractivity contribution in [3.63, 3.8) is 0 Å². The lowest BCUT2D eigenvalue weighted by Gasteiger charge is -2.10. The van der Waals surface area contributed by atoms with Gasteiger partial charge in [-0.1, -0.05) is 87.9 Å². The largest absolute Gasteiger partial charge is 0.494 e. The fourth-order valence-corrected chi connectivity index (χ4v) is 3.96. The number of esters is 1. The van der Waals surface area contributed by atoms with Crippen molar-refractivity contribution in [1.29, 1.82) is 0 Å². The van der Waals surface area contributed by atoms with E-state index in [4.69, 9.17) is 37.8 Å². The maximum atomic E-state index is 12.4. The molecule has 1 N–H and O–H groups in total. The summed E-state index contributed by atoms with van der Waals surface area (Å²) in [5, 5.41) is 8.93. The molecule has 0 aromatic heterocycles. The van der Waals surface area contributed by atoms with Crippen LogP contribution in [0.4, 0.5) is 0 Å². The summed E-state index contributed by atoms with van der Waals surface area (Å²) in [5.74, 6) is -1.22. The standard InChI is InChI=1S/C26H32Cl2O5/c1-2-3-4-5-6-7-8-9-10-11-16-32-21-14-12-19(13-15-21)26(31)33-24-22(27)17-20(25(29)30)18-23(24)28/h12-15,17-18H,2-11,16H2,1H3,(H,29,30). The van der Waals surface area contributed by atoms with Gasteiger partial charge in [-0.25, -0.2) is 9.59 Å². The van der Waals surface area contributed by atoms with E-state index in [1.54, 1.807) is 24.3 Å². The quantitative estimate of drug-likeness (QED) is 0.153. The minimum Gasteiger partial charge on any atom is -0.494 e. The first kappa shape index (κ1) is 27.0. The fourth-order valence-electron chi connectivity index (χ4n) is 3.40. The molecular formula is C26H32Cl2O5. The van der Waals surface area contributed by atoms with Gasteiger partial charge in [-0.3, -0.25) is 0 Å². The molecule has 5 nitrogen and oxygen atoms in total. The van der Waals surface area contributed by atoms with Crippen LogP contribution in [0.3, 0.4) is 0 Å². The molecule has 0 fully saturated rings. The van der Waals surface area contributed by atoms with Crippen molar-refractivity contribution in [2.24, 2.45) is 0 Å². The summed E-state index contributed by atoms with van der Waals surface area (Å²) in [6.45, 7) is 2.88. The molecular weight excluding hydrogens is 463 g/mol. The maximum absolute atomic E-state index is 12.4. The Balaban J connectivity index is 1.70. The van der Waals surface area contributed by atoms with Crippen molar-refractivity contribution in [2.75, 3.05) is 6.61 Å². The second kappa shape index (κ2) is 14.8. The highest BCUT2D eigenvalue weighted by molar-refractivity contribution is 6.38. The van der Waals surface area contributed by atoms with Gasteiger partial charge in [-0.05, 0) is 42.8 Å². The van der Waals surface area contributed by atoms with Gasteiger partial charge < -0.3 is 14.6 Å². The smallest absolute Gasteiger partial charge is 0.343 e. The molecule has 0 spiro atoms. The fraction of sp³-hybridized carbons (Fsp3) is 0.462. The van der Waals surface area contributed by atoms with Gasteiger partial charge in [0.15, 0.2) is 5.75 Å². The number of halogens is 2. The van der Waals surface area contributed by atoms with E-state index in [1.807, 2.05) is 0 Å². The van der Waals surface area contributed by atoms with Crippen molar-refractivity contribution in [2.45, 2.75) is 71.1 Å². The van der Waals surface area contributed by atoms with Crippen LogP contribution in [-0.2, 0) is 0 Å². The molecule has 180 valence electrons. The second-order valence-corrected chi connectivity index (χ2v) is 8.83. The minimum atomic E-state index is -1.18. The monoisotopic (exact) mass is 494 g/mol. The zero-order valence-electron chi connectivity index (χ0n) is 19.1. The summed E-state index contributed by atoms with van der Waals surface area (Å²) in [5.41, 5.74) is 0.212. The zero-order chi connectivity index (χ0) is 24.1. The normalized spacial score (nSPS) is 10.8. The predicted octanol–water partition coefficient (Wildman–Crippen LogP) is 8.21. The van der Waals surface area contributed by atoms with Crippen LogP contribution in [0.1, 0.15) is 91.8 Å². The van der Waals surface area contributed by atoms with Crippen molar-refractivity contribution in [1.82, 2.24) is 0 Å². The Labute approximate surface area is 206 Å². The maximum Gasteiger partial charge on any atom is 0.343 e. The van der Waals surface area contributed by atoms with Crippen molar-refractivity contribution >= 4 is 35.1 Å². The van der Waals surface area contributed by atoms with Gasteiger partial charge >= 0.3 is 11.9 Å². The summed E-state index contributed by atoms with van der Waals surface area (Å²) in [6, 6.07) is 8.99. The number of carbonyl (C=O) groups is 2. The van der Waals surface area contributed by atoms with Gasteiger partial charge in [0, 0.05) is 0 Å². The SMILES string of the molecule is CCCCCCCCCCCCOc1ccc(C(=O)Oc2c(Cl)cc(C(=O)O)cc2Cl)cc1. The molecule has 0 aliphatic carbocycles. The number of carboxylic acids is 1. The summed E-state index contributed by atoms with van der Waals surface area (Å²) < 4.78 is 11.0. The first-order valence-electron chi connectivity index (χ1n) is 11.6. The molecule has 0 aliphatic rings. The third-order valence-electron chi connectivity index (χ3n) is 5.30. The number of carboxylic acid groups (broad SMARTS) is 1. The lowest BCUT2D eigenvalue weighted by atomic mass is 10.1. The van der Waals surface area contributed by atoms with Gasteiger partial charge in [-0.2, -0.15) is 0 Å². The number of hydrogen-bond donors (Lipinski definition) is 1. The Hall–Kier alpha value is -2.24. The highest BCUT2D eigenvalue weighted by atomic mass is 35.5. The van der Waals surface area contributed by atoms with E-state index in [1.165, 1.54) is 63.5 Å². The van der Waals surface area contributed by atoms with Gasteiger partial charge in [0.1, 0.15) is 5.75 Å². The summed E-state index contributed by atoms with van der Waals surface area (Å²) in [7, 11) is 0. The van der Waals surface area contributed by atoms with Gasteiger partial charge in [0.2, 0.25) is 0 Å². The van der Waals surface area contributed by atoms with E-state index in [-0.39, 0.29) is 21.4 Å². The van der Waals surface area contributed by atoms with E-state index in [9.17, 15) is 9.59 Å². The molecule has 7 heteroatoms. The van der Waals surface area contributed by atoms with Crippen LogP contribution < -0.4 is 9.47 Å². The molecule has 2 aromatic rings. The number of carbonyl (C=O) groups excluding carboxylic acids is 1. The molecule has 0 saturated heterocycles. The summed E-state index contributed by atoms with van der Waals surface area (Å²) in [4.78, 5) is 23.5. The predicted molar refractivity (Wildman–Crippen MR) is 132 cm³/mol. The average molecular weight is 495 g/mol. The van der Waals surface area contributed by atoms with E-state index in [0.717, 1.165) is 12.8 Å². The van der Waals surface area contributed by atoms with E-state index < -0.39 is 11.9 Å². The molecule has 0 saturated carbocycles. The van der Waals surface area contributed by atoms with Crippen LogP contribution in [-0.4, -0.2) is 23.7 Å². The van der Waals surface area contributed by atoms with Gasteiger partial charge in [0.05, 0.1) is 27.8 Å². The molecule has 0 unspecified atom stereocenters. The molecule has 0 atom stereocenters. The van der Waals surface area contributed by atoms with Crippen molar-refractivity contribution in [3.8, 4) is 11.5 Å². The van der Waals surface area contributed by atoms with Crippen molar-refractivity contribution < 1.29 is 24.2 Å². The van der Waals surface area contributed by atoms with Crippen LogP contribution in [0, 0.1) is 0 Å². The third kappa shape index (κ3) is 9.65. The summed E-state index contributed by atoms with van der Waals surface area (Å²) >= 11 is 12.1. The molecule has 0 aliphatic heterocycles. The minimum absolute atomic E-state index is 0.0512. The Kier molecular flexibility index (Phi) is 12.1. The van der Waals surface area contributed by atoms with Crippen LogP contribution in [0.2, 0.25) is 10.0 Å². The molecule has 33 heavy (non-hydrogen) atoms. The number of rotatable bonds is 15. The molecule has 2 aromatic carbocycles. The molecule has 0 radical (unpaired) electrons. The van der Waals surface area contributed by atoms with Crippen molar-refractivity contribution in [3.05, 3.63) is 57.6 Å².